The molecule has 4 heteroatoms. The second-order valence-electron chi connectivity index (χ2n) is 4.37. The summed E-state index contributed by atoms with van der Waals surface area (Å²) in [7, 11) is 3.66. The second kappa shape index (κ2) is 8.30. The number of benzene rings is 1. The summed E-state index contributed by atoms with van der Waals surface area (Å²) in [5, 5.41) is 2.62. The molecule has 0 aliphatic carbocycles. The number of nitrogens with two attached hydrogens (primary N) is 1. The van der Waals surface area contributed by atoms with Gasteiger partial charge in [-0.1, -0.05) is 24.0 Å². The summed E-state index contributed by atoms with van der Waals surface area (Å²) >= 11 is 0. The van der Waals surface area contributed by atoms with Crippen molar-refractivity contribution < 1.29 is 4.79 Å². The first-order valence-electron chi connectivity index (χ1n) is 6.32. The molecular weight excluding hydrogens is 238 g/mol. The van der Waals surface area contributed by atoms with Gasteiger partial charge < -0.3 is 16.0 Å². The van der Waals surface area contributed by atoms with Gasteiger partial charge in [0.25, 0.3) is 0 Å². The topological polar surface area (TPSA) is 58.4 Å². The van der Waals surface area contributed by atoms with E-state index in [1.54, 1.807) is 7.05 Å². The van der Waals surface area contributed by atoms with E-state index >= 15 is 0 Å². The molecule has 0 spiro atoms. The summed E-state index contributed by atoms with van der Waals surface area (Å²) in [5.41, 5.74) is 7.51. The van der Waals surface area contributed by atoms with E-state index in [1.165, 1.54) is 5.56 Å². The van der Waals surface area contributed by atoms with Crippen molar-refractivity contribution in [2.75, 3.05) is 27.2 Å². The number of nitrogens with one attached hydrogen (secondary N) is 1. The van der Waals surface area contributed by atoms with Gasteiger partial charge in [-0.15, -0.1) is 0 Å². The molecule has 0 aromatic heterocycles. The maximum absolute atomic E-state index is 11.2. The predicted octanol–water partition coefficient (Wildman–Crippen LogP) is 0.565. The fourth-order valence-corrected chi connectivity index (χ4v) is 1.71. The van der Waals surface area contributed by atoms with E-state index in [0.717, 1.165) is 18.7 Å². The van der Waals surface area contributed by atoms with E-state index in [4.69, 9.17) is 5.73 Å². The van der Waals surface area contributed by atoms with E-state index in [9.17, 15) is 4.79 Å². The molecule has 0 aliphatic heterocycles. The third-order valence-electron chi connectivity index (χ3n) is 2.71. The Bertz CT molecular complexity index is 474. The summed E-state index contributed by atoms with van der Waals surface area (Å²) in [6, 6.07) is 8.07. The zero-order valence-corrected chi connectivity index (χ0v) is 11.6. The Kier molecular flexibility index (Phi) is 6.65. The van der Waals surface area contributed by atoms with Gasteiger partial charge in [0.05, 0.1) is 6.54 Å². The Morgan fingerprint density at radius 1 is 1.47 bits per heavy atom. The van der Waals surface area contributed by atoms with Crippen LogP contribution in [0.5, 0.6) is 0 Å². The Labute approximate surface area is 115 Å². The SMILES string of the molecule is CNC(=O)CCN(C)Cc1cccc(C#CCN)c1. The molecule has 0 atom stereocenters. The van der Waals surface area contributed by atoms with E-state index in [1.807, 2.05) is 19.2 Å². The largest absolute Gasteiger partial charge is 0.359 e. The molecule has 102 valence electrons. The van der Waals surface area contributed by atoms with Crippen LogP contribution in [-0.2, 0) is 11.3 Å². The number of amides is 1. The minimum absolute atomic E-state index is 0.0643. The van der Waals surface area contributed by atoms with Gasteiger partial charge in [-0.25, -0.2) is 0 Å². The molecule has 0 saturated heterocycles. The molecule has 0 bridgehead atoms. The van der Waals surface area contributed by atoms with E-state index in [-0.39, 0.29) is 5.91 Å². The number of hydrogen-bond donors (Lipinski definition) is 2. The molecule has 0 radical (unpaired) electrons. The van der Waals surface area contributed by atoms with Crippen molar-refractivity contribution in [2.45, 2.75) is 13.0 Å². The quantitative estimate of drug-likeness (QED) is 0.760. The molecule has 0 fully saturated rings. The minimum atomic E-state index is 0.0643. The number of nitrogens with zero attached hydrogens (tertiary/aromatic N) is 1. The lowest BCUT2D eigenvalue weighted by Gasteiger charge is -2.16. The molecule has 1 rings (SSSR count). The average Bonchev–Trinajstić information content (AvgIpc) is 2.43. The van der Waals surface area contributed by atoms with E-state index < -0.39 is 0 Å². The Morgan fingerprint density at radius 3 is 2.95 bits per heavy atom. The Morgan fingerprint density at radius 2 is 2.26 bits per heavy atom. The van der Waals surface area contributed by atoms with Crippen molar-refractivity contribution >= 4 is 5.91 Å². The van der Waals surface area contributed by atoms with Gasteiger partial charge in [0.2, 0.25) is 5.91 Å². The van der Waals surface area contributed by atoms with Crippen molar-refractivity contribution in [3.8, 4) is 11.8 Å². The van der Waals surface area contributed by atoms with E-state index in [0.29, 0.717) is 13.0 Å². The number of carbonyl (C=O) groups excluding carboxylic acids is 1. The summed E-state index contributed by atoms with van der Waals surface area (Å²) < 4.78 is 0. The van der Waals surface area contributed by atoms with Crippen LogP contribution in [0.25, 0.3) is 0 Å². The first-order valence-corrected chi connectivity index (χ1v) is 6.32. The Balaban J connectivity index is 2.54. The standard InChI is InChI=1S/C15H21N3O/c1-17-15(19)8-10-18(2)12-14-6-3-5-13(11-14)7-4-9-16/h3,5-6,11H,8-10,12,16H2,1-2H3,(H,17,19). The minimum Gasteiger partial charge on any atom is -0.359 e. The second-order valence-corrected chi connectivity index (χ2v) is 4.37. The van der Waals surface area contributed by atoms with Crippen LogP contribution in [0.2, 0.25) is 0 Å². The van der Waals surface area contributed by atoms with Crippen molar-refractivity contribution in [1.29, 1.82) is 0 Å². The summed E-state index contributed by atoms with van der Waals surface area (Å²) in [5.74, 6) is 5.93. The van der Waals surface area contributed by atoms with E-state index in [2.05, 4.69) is 34.2 Å². The third kappa shape index (κ3) is 6.05. The number of carbonyl (C=O) groups is 1. The van der Waals surface area contributed by atoms with Gasteiger partial charge in [0.1, 0.15) is 0 Å². The van der Waals surface area contributed by atoms with Crippen LogP contribution in [0.15, 0.2) is 24.3 Å². The van der Waals surface area contributed by atoms with Crippen LogP contribution in [0.1, 0.15) is 17.5 Å². The van der Waals surface area contributed by atoms with Crippen molar-refractivity contribution in [3.63, 3.8) is 0 Å². The molecule has 0 unspecified atom stereocenters. The van der Waals surface area contributed by atoms with Crippen molar-refractivity contribution in [3.05, 3.63) is 35.4 Å². The highest BCUT2D eigenvalue weighted by Crippen LogP contribution is 2.07. The van der Waals surface area contributed by atoms with Gasteiger partial charge in [-0.05, 0) is 24.7 Å². The lowest BCUT2D eigenvalue weighted by molar-refractivity contribution is -0.120. The molecule has 1 aromatic carbocycles. The number of hydrogen-bond acceptors (Lipinski definition) is 3. The fourth-order valence-electron chi connectivity index (χ4n) is 1.71. The monoisotopic (exact) mass is 259 g/mol. The maximum atomic E-state index is 11.2. The van der Waals surface area contributed by atoms with Crippen LogP contribution in [0.3, 0.4) is 0 Å². The first kappa shape index (κ1) is 15.2. The zero-order valence-electron chi connectivity index (χ0n) is 11.6. The molecule has 0 saturated carbocycles. The highest BCUT2D eigenvalue weighted by molar-refractivity contribution is 5.75. The van der Waals surface area contributed by atoms with Crippen LogP contribution >= 0.6 is 0 Å². The summed E-state index contributed by atoms with van der Waals surface area (Å²) in [6.45, 7) is 1.91. The van der Waals surface area contributed by atoms with Crippen LogP contribution in [-0.4, -0.2) is 38.0 Å². The smallest absolute Gasteiger partial charge is 0.221 e. The molecule has 0 heterocycles. The first-order chi connectivity index (χ1) is 9.15. The molecular formula is C15H21N3O. The maximum Gasteiger partial charge on any atom is 0.221 e. The summed E-state index contributed by atoms with van der Waals surface area (Å²) in [6.07, 6.45) is 0.514. The van der Waals surface area contributed by atoms with Crippen molar-refractivity contribution in [1.82, 2.24) is 10.2 Å². The molecule has 3 N–H and O–H groups in total. The van der Waals surface area contributed by atoms with Crippen LogP contribution in [0, 0.1) is 11.8 Å². The molecule has 4 nitrogen and oxygen atoms in total. The van der Waals surface area contributed by atoms with Gasteiger partial charge in [0.15, 0.2) is 0 Å². The van der Waals surface area contributed by atoms with Gasteiger partial charge in [0, 0.05) is 32.1 Å². The predicted molar refractivity (Wildman–Crippen MR) is 77.4 cm³/mol. The van der Waals surface area contributed by atoms with Gasteiger partial charge >= 0.3 is 0 Å². The fraction of sp³-hybridized carbons (Fsp3) is 0.400. The van der Waals surface area contributed by atoms with Gasteiger partial charge in [-0.3, -0.25) is 4.79 Å². The van der Waals surface area contributed by atoms with Gasteiger partial charge in [-0.2, -0.15) is 0 Å². The lowest BCUT2D eigenvalue weighted by atomic mass is 10.1. The molecule has 0 aliphatic rings. The molecule has 1 aromatic rings. The highest BCUT2D eigenvalue weighted by atomic mass is 16.1. The Hall–Kier alpha value is -1.83. The third-order valence-corrected chi connectivity index (χ3v) is 2.71. The molecule has 19 heavy (non-hydrogen) atoms. The summed E-state index contributed by atoms with van der Waals surface area (Å²) in [4.78, 5) is 13.3. The normalized spacial score (nSPS) is 9.89. The zero-order chi connectivity index (χ0) is 14.1. The van der Waals surface area contributed by atoms with Crippen LogP contribution in [0.4, 0.5) is 0 Å². The van der Waals surface area contributed by atoms with Crippen LogP contribution < -0.4 is 11.1 Å². The highest BCUT2D eigenvalue weighted by Gasteiger charge is 2.04. The molecule has 1 amide bonds. The lowest BCUT2D eigenvalue weighted by Crippen LogP contribution is -2.26. The van der Waals surface area contributed by atoms with Crippen molar-refractivity contribution in [2.24, 2.45) is 5.73 Å². The number of rotatable bonds is 5. The average molecular weight is 259 g/mol.